The average molecular weight is 296 g/mol. The maximum Gasteiger partial charge on any atom is 0.326 e. The van der Waals surface area contributed by atoms with Crippen LogP contribution in [0.3, 0.4) is 0 Å². The number of carbonyl (C=O) groups is 2. The highest BCUT2D eigenvalue weighted by atomic mass is 16.4. The van der Waals surface area contributed by atoms with Crippen molar-refractivity contribution in [2.24, 2.45) is 0 Å². The fourth-order valence-electron chi connectivity index (χ4n) is 2.84. The maximum absolute atomic E-state index is 12.8. The molecule has 1 aliphatic rings. The number of aliphatic carboxylic acids is 1. The summed E-state index contributed by atoms with van der Waals surface area (Å²) in [6, 6.07) is 12.0. The molecule has 22 heavy (non-hydrogen) atoms. The molecule has 1 amide bonds. The van der Waals surface area contributed by atoms with Gasteiger partial charge in [0.25, 0.3) is 5.91 Å². The number of carbonyl (C=O) groups excluding carboxylic acids is 1. The summed E-state index contributed by atoms with van der Waals surface area (Å²) in [5.41, 5.74) is 1.93. The lowest BCUT2D eigenvalue weighted by Gasteiger charge is -2.22. The van der Waals surface area contributed by atoms with Gasteiger partial charge >= 0.3 is 5.97 Å². The minimum Gasteiger partial charge on any atom is -0.480 e. The van der Waals surface area contributed by atoms with E-state index in [1.165, 1.54) is 4.90 Å². The number of carboxylic acid groups (broad SMARTS) is 1. The first-order valence-electron chi connectivity index (χ1n) is 7.22. The molecule has 5 nitrogen and oxygen atoms in total. The van der Waals surface area contributed by atoms with Gasteiger partial charge < -0.3 is 10.0 Å². The molecule has 0 saturated carbocycles. The lowest BCUT2D eigenvalue weighted by atomic mass is 10.0. The van der Waals surface area contributed by atoms with Crippen LogP contribution in [0, 0.1) is 0 Å². The molecule has 2 aromatic rings. The van der Waals surface area contributed by atoms with Gasteiger partial charge in [0.1, 0.15) is 6.04 Å². The Labute approximate surface area is 128 Å². The zero-order chi connectivity index (χ0) is 15.5. The van der Waals surface area contributed by atoms with Crippen molar-refractivity contribution in [1.82, 2.24) is 9.88 Å². The molecule has 0 aliphatic carbocycles. The molecule has 3 rings (SSSR count). The number of pyridine rings is 1. The van der Waals surface area contributed by atoms with Gasteiger partial charge in [-0.15, -0.1) is 0 Å². The van der Waals surface area contributed by atoms with Gasteiger partial charge in [-0.05, 0) is 31.0 Å². The second kappa shape index (κ2) is 5.97. The molecule has 1 saturated heterocycles. The van der Waals surface area contributed by atoms with E-state index in [9.17, 15) is 14.7 Å². The third-order valence-corrected chi connectivity index (χ3v) is 3.90. The molecule has 1 unspecified atom stereocenters. The Kier molecular flexibility index (Phi) is 3.87. The molecule has 112 valence electrons. The zero-order valence-corrected chi connectivity index (χ0v) is 12.0. The van der Waals surface area contributed by atoms with E-state index >= 15 is 0 Å². The number of nitrogens with zero attached hydrogens (tertiary/aromatic N) is 2. The van der Waals surface area contributed by atoms with Gasteiger partial charge in [0.15, 0.2) is 0 Å². The van der Waals surface area contributed by atoms with Crippen LogP contribution in [0.1, 0.15) is 23.2 Å². The standard InChI is InChI=1S/C17H16N2O3/c20-16(19-11-5-9-15(19)17(21)22)13-7-2-1-6-12(13)14-8-3-4-10-18-14/h1-4,6-8,10,15H,5,9,11H2,(H,21,22). The smallest absolute Gasteiger partial charge is 0.326 e. The highest BCUT2D eigenvalue weighted by Crippen LogP contribution is 2.26. The summed E-state index contributed by atoms with van der Waals surface area (Å²) in [7, 11) is 0. The summed E-state index contributed by atoms with van der Waals surface area (Å²) in [6.07, 6.45) is 2.90. The van der Waals surface area contributed by atoms with Gasteiger partial charge in [-0.2, -0.15) is 0 Å². The number of aromatic nitrogens is 1. The molecule has 1 N–H and O–H groups in total. The predicted octanol–water partition coefficient (Wildman–Crippen LogP) is 2.44. The molecule has 0 spiro atoms. The summed E-state index contributed by atoms with van der Waals surface area (Å²) in [4.78, 5) is 29.8. The third kappa shape index (κ3) is 2.57. The van der Waals surface area contributed by atoms with Crippen LogP contribution in [0.25, 0.3) is 11.3 Å². The van der Waals surface area contributed by atoms with Crippen molar-refractivity contribution in [2.45, 2.75) is 18.9 Å². The van der Waals surface area contributed by atoms with Crippen molar-refractivity contribution in [2.75, 3.05) is 6.54 Å². The lowest BCUT2D eigenvalue weighted by Crippen LogP contribution is -2.40. The molecule has 2 heterocycles. The fraction of sp³-hybridized carbons (Fsp3) is 0.235. The summed E-state index contributed by atoms with van der Waals surface area (Å²) in [5, 5.41) is 9.26. The first kappa shape index (κ1) is 14.3. The number of hydrogen-bond donors (Lipinski definition) is 1. The molecule has 1 aromatic carbocycles. The van der Waals surface area contributed by atoms with Crippen LogP contribution in [0.4, 0.5) is 0 Å². The molecule has 5 heteroatoms. The van der Waals surface area contributed by atoms with Crippen LogP contribution in [0.5, 0.6) is 0 Å². The van der Waals surface area contributed by atoms with E-state index in [0.717, 1.165) is 5.56 Å². The Hall–Kier alpha value is -2.69. The second-order valence-corrected chi connectivity index (χ2v) is 5.26. The van der Waals surface area contributed by atoms with Crippen molar-refractivity contribution < 1.29 is 14.7 Å². The van der Waals surface area contributed by atoms with Gasteiger partial charge in [-0.1, -0.05) is 24.3 Å². The third-order valence-electron chi connectivity index (χ3n) is 3.90. The average Bonchev–Trinajstić information content (AvgIpc) is 3.05. The van der Waals surface area contributed by atoms with Crippen molar-refractivity contribution >= 4 is 11.9 Å². The van der Waals surface area contributed by atoms with Crippen molar-refractivity contribution in [1.29, 1.82) is 0 Å². The molecular weight excluding hydrogens is 280 g/mol. The molecule has 1 aliphatic heterocycles. The van der Waals surface area contributed by atoms with Gasteiger partial charge in [0.05, 0.1) is 5.69 Å². The number of likely N-dealkylation sites (tertiary alicyclic amines) is 1. The Morgan fingerprint density at radius 3 is 2.64 bits per heavy atom. The second-order valence-electron chi connectivity index (χ2n) is 5.26. The first-order chi connectivity index (χ1) is 10.7. The summed E-state index contributed by atoms with van der Waals surface area (Å²) < 4.78 is 0. The molecule has 1 aromatic heterocycles. The largest absolute Gasteiger partial charge is 0.480 e. The lowest BCUT2D eigenvalue weighted by molar-refractivity contribution is -0.141. The number of rotatable bonds is 3. The summed E-state index contributed by atoms with van der Waals surface area (Å²) >= 11 is 0. The topological polar surface area (TPSA) is 70.5 Å². The van der Waals surface area contributed by atoms with Crippen LogP contribution in [-0.4, -0.2) is 39.5 Å². The summed E-state index contributed by atoms with van der Waals surface area (Å²) in [6.45, 7) is 0.479. The SMILES string of the molecule is O=C(O)C1CCCN1C(=O)c1ccccc1-c1ccccn1. The molecular formula is C17H16N2O3. The number of carboxylic acids is 1. The minimum atomic E-state index is -0.943. The van der Waals surface area contributed by atoms with E-state index in [1.807, 2.05) is 30.3 Å². The van der Waals surface area contributed by atoms with E-state index in [4.69, 9.17) is 0 Å². The first-order valence-corrected chi connectivity index (χ1v) is 7.22. The minimum absolute atomic E-state index is 0.244. The van der Waals surface area contributed by atoms with E-state index < -0.39 is 12.0 Å². The number of amides is 1. The normalized spacial score (nSPS) is 17.5. The van der Waals surface area contributed by atoms with Crippen molar-refractivity contribution in [3.63, 3.8) is 0 Å². The Bertz CT molecular complexity index is 700. The molecule has 1 fully saturated rings. The molecule has 0 radical (unpaired) electrons. The Morgan fingerprint density at radius 1 is 1.14 bits per heavy atom. The Balaban J connectivity index is 1.99. The highest BCUT2D eigenvalue weighted by Gasteiger charge is 2.35. The fourth-order valence-corrected chi connectivity index (χ4v) is 2.84. The van der Waals surface area contributed by atoms with Crippen LogP contribution < -0.4 is 0 Å². The van der Waals surface area contributed by atoms with Crippen molar-refractivity contribution in [3.8, 4) is 11.3 Å². The zero-order valence-electron chi connectivity index (χ0n) is 12.0. The van der Waals surface area contributed by atoms with Crippen LogP contribution >= 0.6 is 0 Å². The molecule has 1 atom stereocenters. The van der Waals surface area contributed by atoms with Crippen LogP contribution in [-0.2, 0) is 4.79 Å². The van der Waals surface area contributed by atoms with Crippen LogP contribution in [0.2, 0.25) is 0 Å². The monoisotopic (exact) mass is 296 g/mol. The predicted molar refractivity (Wildman–Crippen MR) is 81.4 cm³/mol. The number of benzene rings is 1. The van der Waals surface area contributed by atoms with Crippen molar-refractivity contribution in [3.05, 3.63) is 54.2 Å². The van der Waals surface area contributed by atoms with Gasteiger partial charge in [0, 0.05) is 23.9 Å². The van der Waals surface area contributed by atoms with E-state index in [2.05, 4.69) is 4.98 Å². The highest BCUT2D eigenvalue weighted by molar-refractivity contribution is 6.02. The van der Waals surface area contributed by atoms with E-state index in [-0.39, 0.29) is 5.91 Å². The quantitative estimate of drug-likeness (QED) is 0.944. The van der Waals surface area contributed by atoms with E-state index in [0.29, 0.717) is 30.6 Å². The molecule has 0 bridgehead atoms. The van der Waals surface area contributed by atoms with Gasteiger partial charge in [-0.25, -0.2) is 4.79 Å². The Morgan fingerprint density at radius 2 is 1.91 bits per heavy atom. The van der Waals surface area contributed by atoms with Gasteiger partial charge in [-0.3, -0.25) is 9.78 Å². The van der Waals surface area contributed by atoms with Gasteiger partial charge in [0.2, 0.25) is 0 Å². The van der Waals surface area contributed by atoms with Crippen LogP contribution in [0.15, 0.2) is 48.7 Å². The number of hydrogen-bond acceptors (Lipinski definition) is 3. The summed E-state index contributed by atoms with van der Waals surface area (Å²) in [5.74, 6) is -1.19. The van der Waals surface area contributed by atoms with E-state index in [1.54, 1.807) is 18.3 Å². The maximum atomic E-state index is 12.8.